The monoisotopic (exact) mass is 347 g/mol. The Morgan fingerprint density at radius 2 is 2.00 bits per heavy atom. The molecule has 2 aromatic rings. The second kappa shape index (κ2) is 6.58. The molecule has 1 aliphatic heterocycles. The summed E-state index contributed by atoms with van der Waals surface area (Å²) in [5.74, 6) is 0.163. The number of hydrogen-bond acceptors (Lipinski definition) is 5. The third-order valence-electron chi connectivity index (χ3n) is 3.76. The topological polar surface area (TPSA) is 88.6 Å². The van der Waals surface area contributed by atoms with Crippen LogP contribution in [-0.2, 0) is 21.2 Å². The van der Waals surface area contributed by atoms with Gasteiger partial charge in [-0.25, -0.2) is 12.7 Å². The van der Waals surface area contributed by atoms with E-state index in [-0.39, 0.29) is 17.4 Å². The van der Waals surface area contributed by atoms with E-state index in [2.05, 4.69) is 10.3 Å². The van der Waals surface area contributed by atoms with Gasteiger partial charge in [0.1, 0.15) is 5.75 Å². The fourth-order valence-corrected chi connectivity index (χ4v) is 3.56. The lowest BCUT2D eigenvalue weighted by molar-refractivity contribution is -0.118. The smallest absolute Gasteiger partial charge is 0.262 e. The number of nitrogens with zero attached hydrogens (tertiary/aromatic N) is 2. The number of nitrogens with one attached hydrogen (secondary N) is 1. The molecule has 1 aromatic carbocycles. The van der Waals surface area contributed by atoms with E-state index in [9.17, 15) is 13.2 Å². The van der Waals surface area contributed by atoms with Gasteiger partial charge in [0, 0.05) is 26.0 Å². The van der Waals surface area contributed by atoms with Crippen molar-refractivity contribution in [1.29, 1.82) is 0 Å². The number of carbonyl (C=O) groups excluding carboxylic acids is 1. The van der Waals surface area contributed by atoms with Gasteiger partial charge in [0.15, 0.2) is 6.61 Å². The van der Waals surface area contributed by atoms with E-state index in [0.717, 1.165) is 5.56 Å². The highest BCUT2D eigenvalue weighted by atomic mass is 32.2. The molecular weight excluding hydrogens is 330 g/mol. The number of fused-ring (bicyclic) bond motifs is 1. The van der Waals surface area contributed by atoms with Gasteiger partial charge in [-0.2, -0.15) is 0 Å². The molecule has 0 saturated heterocycles. The van der Waals surface area contributed by atoms with Crippen LogP contribution in [0.25, 0.3) is 0 Å². The van der Waals surface area contributed by atoms with E-state index in [0.29, 0.717) is 24.4 Å². The number of hydrogen-bond donors (Lipinski definition) is 1. The standard InChI is InChI=1S/C16H17N3O4S/c1-19(9-6-12-4-7-17-8-5-12)24(21,22)13-2-3-15-14(10-13)18-16(20)11-23-15/h2-5,7-8,10H,6,9,11H2,1H3,(H,18,20). The molecule has 0 radical (unpaired) electrons. The van der Waals surface area contributed by atoms with Crippen molar-refractivity contribution in [1.82, 2.24) is 9.29 Å². The van der Waals surface area contributed by atoms with Crippen LogP contribution < -0.4 is 10.1 Å². The molecule has 8 heteroatoms. The zero-order valence-corrected chi connectivity index (χ0v) is 13.9. The Morgan fingerprint density at radius 3 is 2.75 bits per heavy atom. The molecular formula is C16H17N3O4S. The molecule has 24 heavy (non-hydrogen) atoms. The third kappa shape index (κ3) is 3.39. The molecule has 1 N–H and O–H groups in total. The zero-order chi connectivity index (χ0) is 17.2. The lowest BCUT2D eigenvalue weighted by Crippen LogP contribution is -2.30. The Hall–Kier alpha value is -2.45. The molecule has 1 aliphatic rings. The summed E-state index contributed by atoms with van der Waals surface area (Å²) in [6, 6.07) is 8.16. The molecule has 0 aliphatic carbocycles. The summed E-state index contributed by atoms with van der Waals surface area (Å²) in [7, 11) is -2.12. The number of rotatable bonds is 5. The average Bonchev–Trinajstić information content (AvgIpc) is 2.59. The highest BCUT2D eigenvalue weighted by Crippen LogP contribution is 2.30. The van der Waals surface area contributed by atoms with Crippen LogP contribution in [0.4, 0.5) is 5.69 Å². The average molecular weight is 347 g/mol. The van der Waals surface area contributed by atoms with Crippen LogP contribution in [0, 0.1) is 0 Å². The predicted molar refractivity (Wildman–Crippen MR) is 88.3 cm³/mol. The largest absolute Gasteiger partial charge is 0.482 e. The van der Waals surface area contributed by atoms with Crippen LogP contribution in [0.15, 0.2) is 47.6 Å². The minimum absolute atomic E-state index is 0.0646. The maximum absolute atomic E-state index is 12.7. The number of anilines is 1. The number of sulfonamides is 1. The van der Waals surface area contributed by atoms with Gasteiger partial charge in [0.2, 0.25) is 10.0 Å². The summed E-state index contributed by atoms with van der Waals surface area (Å²) < 4.78 is 31.9. The summed E-state index contributed by atoms with van der Waals surface area (Å²) in [4.78, 5) is 15.4. The van der Waals surface area contributed by atoms with Crippen molar-refractivity contribution in [3.8, 4) is 5.75 Å². The fourth-order valence-electron chi connectivity index (χ4n) is 2.36. The van der Waals surface area contributed by atoms with Gasteiger partial charge >= 0.3 is 0 Å². The van der Waals surface area contributed by atoms with Gasteiger partial charge in [-0.3, -0.25) is 9.78 Å². The highest BCUT2D eigenvalue weighted by molar-refractivity contribution is 7.89. The second-order valence-electron chi connectivity index (χ2n) is 5.43. The fraction of sp³-hybridized carbons (Fsp3) is 0.250. The van der Waals surface area contributed by atoms with Crippen molar-refractivity contribution in [2.45, 2.75) is 11.3 Å². The Balaban J connectivity index is 1.77. The van der Waals surface area contributed by atoms with E-state index < -0.39 is 10.0 Å². The molecule has 1 aromatic heterocycles. The Morgan fingerprint density at radius 1 is 1.25 bits per heavy atom. The first-order valence-electron chi connectivity index (χ1n) is 7.39. The van der Waals surface area contributed by atoms with Crippen LogP contribution >= 0.6 is 0 Å². The lowest BCUT2D eigenvalue weighted by Gasteiger charge is -2.21. The SMILES string of the molecule is CN(CCc1ccncc1)S(=O)(=O)c1ccc2c(c1)NC(=O)CO2. The van der Waals surface area contributed by atoms with Crippen LogP contribution in [0.5, 0.6) is 5.75 Å². The summed E-state index contributed by atoms with van der Waals surface area (Å²) >= 11 is 0. The molecule has 0 spiro atoms. The zero-order valence-electron chi connectivity index (χ0n) is 13.1. The maximum atomic E-state index is 12.7. The van der Waals surface area contributed by atoms with Gasteiger partial charge < -0.3 is 10.1 Å². The minimum atomic E-state index is -3.65. The van der Waals surface area contributed by atoms with Crippen molar-refractivity contribution >= 4 is 21.6 Å². The van der Waals surface area contributed by atoms with Crippen molar-refractivity contribution in [2.75, 3.05) is 25.5 Å². The van der Waals surface area contributed by atoms with Crippen LogP contribution in [0.2, 0.25) is 0 Å². The van der Waals surface area contributed by atoms with E-state index in [1.54, 1.807) is 18.5 Å². The summed E-state index contributed by atoms with van der Waals surface area (Å²) in [6.45, 7) is 0.275. The summed E-state index contributed by atoms with van der Waals surface area (Å²) in [5, 5.41) is 2.62. The van der Waals surface area contributed by atoms with E-state index in [1.165, 1.54) is 23.5 Å². The first-order valence-corrected chi connectivity index (χ1v) is 8.83. The minimum Gasteiger partial charge on any atom is -0.482 e. The number of amides is 1. The molecule has 0 atom stereocenters. The molecule has 0 bridgehead atoms. The van der Waals surface area contributed by atoms with Crippen molar-refractivity contribution in [3.63, 3.8) is 0 Å². The number of benzene rings is 1. The van der Waals surface area contributed by atoms with Gasteiger partial charge in [-0.1, -0.05) is 0 Å². The number of aromatic nitrogens is 1. The highest BCUT2D eigenvalue weighted by Gasteiger charge is 2.24. The van der Waals surface area contributed by atoms with Crippen molar-refractivity contribution in [2.24, 2.45) is 0 Å². The van der Waals surface area contributed by atoms with Crippen molar-refractivity contribution in [3.05, 3.63) is 48.3 Å². The Labute approximate surface area is 140 Å². The molecule has 7 nitrogen and oxygen atoms in total. The quantitative estimate of drug-likeness (QED) is 0.880. The van der Waals surface area contributed by atoms with Gasteiger partial charge in [0.25, 0.3) is 5.91 Å². The first kappa shape index (κ1) is 16.4. The van der Waals surface area contributed by atoms with Gasteiger partial charge in [-0.15, -0.1) is 0 Å². The first-order chi connectivity index (χ1) is 11.5. The Kier molecular flexibility index (Phi) is 4.50. The third-order valence-corrected chi connectivity index (χ3v) is 5.61. The van der Waals surface area contributed by atoms with Gasteiger partial charge in [0.05, 0.1) is 10.6 Å². The lowest BCUT2D eigenvalue weighted by atomic mass is 10.2. The van der Waals surface area contributed by atoms with Gasteiger partial charge in [-0.05, 0) is 42.3 Å². The van der Waals surface area contributed by atoms with Crippen LogP contribution in [0.1, 0.15) is 5.56 Å². The molecule has 126 valence electrons. The van der Waals surface area contributed by atoms with E-state index >= 15 is 0 Å². The Bertz CT molecular complexity index is 853. The number of pyridine rings is 1. The molecule has 0 unspecified atom stereocenters. The van der Waals surface area contributed by atoms with Crippen LogP contribution in [0.3, 0.4) is 0 Å². The molecule has 3 rings (SSSR count). The number of ether oxygens (including phenoxy) is 1. The number of likely N-dealkylation sites (N-methyl/N-ethyl adjacent to an activating group) is 1. The van der Waals surface area contributed by atoms with Crippen molar-refractivity contribution < 1.29 is 17.9 Å². The summed E-state index contributed by atoms with van der Waals surface area (Å²) in [5.41, 5.74) is 1.38. The molecule has 0 fully saturated rings. The van der Waals surface area contributed by atoms with Crippen LogP contribution in [-0.4, -0.2) is 43.8 Å². The normalized spacial score (nSPS) is 14.0. The second-order valence-corrected chi connectivity index (χ2v) is 7.47. The van der Waals surface area contributed by atoms with E-state index in [1.807, 2.05) is 12.1 Å². The van der Waals surface area contributed by atoms with E-state index in [4.69, 9.17) is 4.74 Å². The molecule has 0 saturated carbocycles. The number of carbonyl (C=O) groups is 1. The molecule has 1 amide bonds. The maximum Gasteiger partial charge on any atom is 0.262 e. The summed E-state index contributed by atoms with van der Waals surface area (Å²) in [6.07, 6.45) is 3.94. The predicted octanol–water partition coefficient (Wildman–Crippen LogP) is 1.28. The molecule has 2 heterocycles.